The van der Waals surface area contributed by atoms with Crippen molar-refractivity contribution in [2.75, 3.05) is 0 Å². The Labute approximate surface area is 162 Å². The lowest BCUT2D eigenvalue weighted by Crippen LogP contribution is -2.40. The molecule has 0 saturated carbocycles. The monoisotopic (exact) mass is 366 g/mol. The maximum absolute atomic E-state index is 12.9. The number of benzene rings is 2. The summed E-state index contributed by atoms with van der Waals surface area (Å²) in [4.78, 5) is 25.0. The molecule has 3 N–H and O–H groups in total. The minimum atomic E-state index is -0.587. The Morgan fingerprint density at radius 3 is 2.30 bits per heavy atom. The zero-order valence-electron chi connectivity index (χ0n) is 16.7. The quantitative estimate of drug-likeness (QED) is 0.685. The molecule has 0 unspecified atom stereocenters. The topological polar surface area (TPSA) is 72.2 Å². The minimum absolute atomic E-state index is 0.110. The molecule has 0 radical (unpaired) electrons. The van der Waals surface area contributed by atoms with Gasteiger partial charge in [0, 0.05) is 12.0 Å². The summed E-state index contributed by atoms with van der Waals surface area (Å²) in [5.74, 6) is 0.181. The molecule has 0 aliphatic rings. The standard InChI is InChI=1S/C23H30N2O2/c1-15(2)19-11-10-16(3)14-20(19)22(26)13-12-21(25-23(27)17(4)24)18-8-6-5-7-9-18/h5-11,14-15,17,21H,12-13,24H2,1-4H3,(H,25,27)/t17-,21-/m1/s1. The third-order valence-electron chi connectivity index (χ3n) is 4.72. The second kappa shape index (κ2) is 9.47. The Kier molecular flexibility index (Phi) is 7.31. The summed E-state index contributed by atoms with van der Waals surface area (Å²) >= 11 is 0. The largest absolute Gasteiger partial charge is 0.348 e. The molecule has 0 spiro atoms. The number of hydrogen-bond donors (Lipinski definition) is 2. The van der Waals surface area contributed by atoms with Gasteiger partial charge in [-0.2, -0.15) is 0 Å². The van der Waals surface area contributed by atoms with Crippen LogP contribution in [-0.2, 0) is 4.79 Å². The third kappa shape index (κ3) is 5.76. The molecule has 0 aliphatic carbocycles. The van der Waals surface area contributed by atoms with E-state index in [0.29, 0.717) is 12.8 Å². The molecule has 0 saturated heterocycles. The number of nitrogens with two attached hydrogens (primary N) is 1. The molecule has 2 aromatic carbocycles. The first-order chi connectivity index (χ1) is 12.8. The smallest absolute Gasteiger partial charge is 0.237 e. The average molecular weight is 367 g/mol. The van der Waals surface area contributed by atoms with Crippen molar-refractivity contribution in [2.45, 2.75) is 58.5 Å². The van der Waals surface area contributed by atoms with Crippen LogP contribution in [0.25, 0.3) is 0 Å². The van der Waals surface area contributed by atoms with Crippen LogP contribution < -0.4 is 11.1 Å². The molecule has 0 fully saturated rings. The molecule has 0 aromatic heterocycles. The van der Waals surface area contributed by atoms with Crippen molar-refractivity contribution < 1.29 is 9.59 Å². The van der Waals surface area contributed by atoms with E-state index in [4.69, 9.17) is 5.73 Å². The van der Waals surface area contributed by atoms with Crippen LogP contribution in [0.5, 0.6) is 0 Å². The van der Waals surface area contributed by atoms with Gasteiger partial charge in [-0.1, -0.05) is 61.9 Å². The van der Waals surface area contributed by atoms with Gasteiger partial charge in [-0.3, -0.25) is 9.59 Å². The van der Waals surface area contributed by atoms with E-state index in [1.54, 1.807) is 6.92 Å². The van der Waals surface area contributed by atoms with Crippen molar-refractivity contribution in [3.05, 3.63) is 70.8 Å². The summed E-state index contributed by atoms with van der Waals surface area (Å²) in [7, 11) is 0. The fraction of sp³-hybridized carbons (Fsp3) is 0.391. The van der Waals surface area contributed by atoms with Gasteiger partial charge in [0.1, 0.15) is 0 Å². The van der Waals surface area contributed by atoms with E-state index < -0.39 is 6.04 Å². The fourth-order valence-electron chi connectivity index (χ4n) is 3.14. The number of aryl methyl sites for hydroxylation is 1. The van der Waals surface area contributed by atoms with Crippen LogP contribution >= 0.6 is 0 Å². The highest BCUT2D eigenvalue weighted by Gasteiger charge is 2.20. The molecule has 2 aromatic rings. The molecule has 0 heterocycles. The average Bonchev–Trinajstić information content (AvgIpc) is 2.64. The number of nitrogens with one attached hydrogen (secondary N) is 1. The first-order valence-corrected chi connectivity index (χ1v) is 9.54. The fourth-order valence-corrected chi connectivity index (χ4v) is 3.14. The zero-order valence-corrected chi connectivity index (χ0v) is 16.7. The van der Waals surface area contributed by atoms with Crippen molar-refractivity contribution in [1.29, 1.82) is 0 Å². The maximum atomic E-state index is 12.9. The van der Waals surface area contributed by atoms with Gasteiger partial charge in [-0.25, -0.2) is 0 Å². The first-order valence-electron chi connectivity index (χ1n) is 9.54. The van der Waals surface area contributed by atoms with Crippen LogP contribution in [-0.4, -0.2) is 17.7 Å². The molecule has 1 amide bonds. The van der Waals surface area contributed by atoms with Gasteiger partial charge in [0.15, 0.2) is 5.78 Å². The van der Waals surface area contributed by atoms with Crippen LogP contribution in [0, 0.1) is 6.92 Å². The Bertz CT molecular complexity index is 782. The molecule has 2 atom stereocenters. The lowest BCUT2D eigenvalue weighted by Gasteiger charge is -2.21. The van der Waals surface area contributed by atoms with Crippen molar-refractivity contribution in [3.63, 3.8) is 0 Å². The van der Waals surface area contributed by atoms with Gasteiger partial charge in [0.25, 0.3) is 0 Å². The van der Waals surface area contributed by atoms with Crippen molar-refractivity contribution in [1.82, 2.24) is 5.32 Å². The van der Waals surface area contributed by atoms with E-state index >= 15 is 0 Å². The Morgan fingerprint density at radius 2 is 1.70 bits per heavy atom. The van der Waals surface area contributed by atoms with Crippen molar-refractivity contribution in [2.24, 2.45) is 5.73 Å². The van der Waals surface area contributed by atoms with Gasteiger partial charge in [-0.05, 0) is 43.4 Å². The molecule has 0 bridgehead atoms. The van der Waals surface area contributed by atoms with Crippen LogP contribution in [0.15, 0.2) is 48.5 Å². The van der Waals surface area contributed by atoms with Gasteiger partial charge < -0.3 is 11.1 Å². The molecule has 27 heavy (non-hydrogen) atoms. The summed E-state index contributed by atoms with van der Waals surface area (Å²) in [6, 6.07) is 14.9. The van der Waals surface area contributed by atoms with Crippen molar-refractivity contribution in [3.8, 4) is 0 Å². The summed E-state index contributed by atoms with van der Waals surface area (Å²) in [6.45, 7) is 7.84. The van der Waals surface area contributed by atoms with Crippen LogP contribution in [0.3, 0.4) is 0 Å². The predicted octanol–water partition coefficient (Wildman–Crippen LogP) is 4.29. The van der Waals surface area contributed by atoms with E-state index in [-0.39, 0.29) is 23.7 Å². The SMILES string of the molecule is Cc1ccc(C(C)C)c(C(=O)CC[C@@H](NC(=O)[C@@H](C)N)c2ccccc2)c1. The third-order valence-corrected chi connectivity index (χ3v) is 4.72. The number of ketones is 1. The van der Waals surface area contributed by atoms with Crippen LogP contribution in [0.1, 0.15) is 72.6 Å². The van der Waals surface area contributed by atoms with E-state index in [1.807, 2.05) is 55.5 Å². The highest BCUT2D eigenvalue weighted by molar-refractivity contribution is 5.98. The number of carbonyl (C=O) groups is 2. The molecule has 144 valence electrons. The van der Waals surface area contributed by atoms with Gasteiger partial charge >= 0.3 is 0 Å². The van der Waals surface area contributed by atoms with Gasteiger partial charge in [0.2, 0.25) is 5.91 Å². The van der Waals surface area contributed by atoms with Gasteiger partial charge in [-0.15, -0.1) is 0 Å². The summed E-state index contributed by atoms with van der Waals surface area (Å²) < 4.78 is 0. The summed E-state index contributed by atoms with van der Waals surface area (Å²) in [5.41, 5.74) is 9.61. The van der Waals surface area contributed by atoms with E-state index in [2.05, 4.69) is 19.2 Å². The second-order valence-corrected chi connectivity index (χ2v) is 7.47. The number of amides is 1. The summed E-state index contributed by atoms with van der Waals surface area (Å²) in [6.07, 6.45) is 0.898. The molecular weight excluding hydrogens is 336 g/mol. The van der Waals surface area contributed by atoms with Crippen molar-refractivity contribution >= 4 is 11.7 Å². The number of carbonyl (C=O) groups excluding carboxylic acids is 2. The Hall–Kier alpha value is -2.46. The maximum Gasteiger partial charge on any atom is 0.237 e. The van der Waals surface area contributed by atoms with Crippen LogP contribution in [0.4, 0.5) is 0 Å². The Morgan fingerprint density at radius 1 is 1.04 bits per heavy atom. The minimum Gasteiger partial charge on any atom is -0.348 e. The number of Topliss-reactive ketones (excluding diaryl/α,β-unsaturated/α-hetero) is 1. The predicted molar refractivity (Wildman–Crippen MR) is 110 cm³/mol. The molecular formula is C23H30N2O2. The highest BCUT2D eigenvalue weighted by atomic mass is 16.2. The van der Waals surface area contributed by atoms with E-state index in [0.717, 1.165) is 22.3 Å². The molecule has 4 heteroatoms. The van der Waals surface area contributed by atoms with E-state index in [9.17, 15) is 9.59 Å². The molecule has 4 nitrogen and oxygen atoms in total. The van der Waals surface area contributed by atoms with Crippen LogP contribution in [0.2, 0.25) is 0 Å². The lowest BCUT2D eigenvalue weighted by molar-refractivity contribution is -0.122. The lowest BCUT2D eigenvalue weighted by atomic mass is 9.90. The second-order valence-electron chi connectivity index (χ2n) is 7.47. The number of rotatable bonds is 8. The van der Waals surface area contributed by atoms with Gasteiger partial charge in [0.05, 0.1) is 12.1 Å². The first kappa shape index (κ1) is 20.8. The molecule has 0 aliphatic heterocycles. The summed E-state index contributed by atoms with van der Waals surface area (Å²) in [5, 5.41) is 2.97. The zero-order chi connectivity index (χ0) is 20.0. The normalized spacial score (nSPS) is 13.3. The Balaban J connectivity index is 2.18. The molecule has 2 rings (SSSR count). The number of hydrogen-bond acceptors (Lipinski definition) is 3. The van der Waals surface area contributed by atoms with E-state index in [1.165, 1.54) is 0 Å². The highest BCUT2D eigenvalue weighted by Crippen LogP contribution is 2.25.